The molecule has 0 unspecified atom stereocenters. The summed E-state index contributed by atoms with van der Waals surface area (Å²) in [6.07, 6.45) is 2.06. The average Bonchev–Trinajstić information content (AvgIpc) is 2.93. The second kappa shape index (κ2) is 5.58. The molecule has 0 radical (unpaired) electrons. The van der Waals surface area contributed by atoms with Crippen molar-refractivity contribution in [3.63, 3.8) is 0 Å². The zero-order valence-electron chi connectivity index (χ0n) is 12.5. The molecule has 120 valence electrons. The molecule has 0 saturated heterocycles. The first-order valence-electron chi connectivity index (χ1n) is 7.19. The Balaban J connectivity index is 1.79. The molecule has 0 saturated carbocycles. The van der Waals surface area contributed by atoms with Crippen LogP contribution in [0.15, 0.2) is 29.2 Å². The van der Waals surface area contributed by atoms with Gasteiger partial charge in [-0.05, 0) is 30.7 Å². The van der Waals surface area contributed by atoms with E-state index < -0.39 is 0 Å². The number of halogens is 2. The molecule has 8 heteroatoms. The summed E-state index contributed by atoms with van der Waals surface area (Å²) in [6.45, 7) is 1.98. The van der Waals surface area contributed by atoms with Crippen molar-refractivity contribution in [1.82, 2.24) is 24.9 Å². The van der Waals surface area contributed by atoms with Gasteiger partial charge in [-0.3, -0.25) is 4.79 Å². The van der Waals surface area contributed by atoms with Gasteiger partial charge in [0.2, 0.25) is 0 Å². The van der Waals surface area contributed by atoms with E-state index in [0.717, 1.165) is 11.1 Å². The molecule has 0 amide bonds. The summed E-state index contributed by atoms with van der Waals surface area (Å²) in [5.74, 6) is 1.16. The zero-order chi connectivity index (χ0) is 16.8. The second-order valence-electron chi connectivity index (χ2n) is 5.48. The van der Waals surface area contributed by atoms with Crippen molar-refractivity contribution in [2.75, 3.05) is 0 Å². The van der Waals surface area contributed by atoms with Gasteiger partial charge in [0, 0.05) is 6.20 Å². The molecule has 0 bridgehead atoms. The van der Waals surface area contributed by atoms with Gasteiger partial charge in [0.1, 0.15) is 11.6 Å². The number of aromatic amines is 2. The molecular weight excluding hydrogens is 349 g/mol. The fourth-order valence-electron chi connectivity index (χ4n) is 2.59. The average molecular weight is 360 g/mol. The molecule has 2 N–H and O–H groups in total. The van der Waals surface area contributed by atoms with Crippen molar-refractivity contribution in [1.29, 1.82) is 0 Å². The molecule has 0 fully saturated rings. The van der Waals surface area contributed by atoms with Crippen LogP contribution in [0.4, 0.5) is 0 Å². The van der Waals surface area contributed by atoms with Gasteiger partial charge in [-0.15, -0.1) is 0 Å². The Morgan fingerprint density at radius 2 is 1.83 bits per heavy atom. The van der Waals surface area contributed by atoms with Crippen molar-refractivity contribution < 1.29 is 0 Å². The first-order valence-corrected chi connectivity index (χ1v) is 7.95. The van der Waals surface area contributed by atoms with E-state index in [0.29, 0.717) is 44.7 Å². The van der Waals surface area contributed by atoms with Gasteiger partial charge in [0.15, 0.2) is 5.65 Å². The Morgan fingerprint density at radius 1 is 1.08 bits per heavy atom. The summed E-state index contributed by atoms with van der Waals surface area (Å²) in [4.78, 5) is 31.3. The van der Waals surface area contributed by atoms with Gasteiger partial charge >= 0.3 is 0 Å². The number of nitrogens with one attached hydrogen (secondary N) is 2. The van der Waals surface area contributed by atoms with Gasteiger partial charge in [0.25, 0.3) is 5.56 Å². The quantitative estimate of drug-likeness (QED) is 0.574. The summed E-state index contributed by atoms with van der Waals surface area (Å²) >= 11 is 12.0. The highest BCUT2D eigenvalue weighted by atomic mass is 35.5. The zero-order valence-corrected chi connectivity index (χ0v) is 14.0. The van der Waals surface area contributed by atoms with Crippen LogP contribution in [0.5, 0.6) is 0 Å². The number of hydrogen-bond donors (Lipinski definition) is 2. The van der Waals surface area contributed by atoms with Crippen LogP contribution in [0.25, 0.3) is 22.1 Å². The minimum absolute atomic E-state index is 0.265. The number of imidazole rings is 1. The summed E-state index contributed by atoms with van der Waals surface area (Å²) in [5.41, 5.74) is 2.81. The lowest BCUT2D eigenvalue weighted by Crippen LogP contribution is -2.12. The number of aryl methyl sites for hydroxylation is 1. The van der Waals surface area contributed by atoms with E-state index in [1.807, 2.05) is 13.0 Å². The smallest absolute Gasteiger partial charge is 0.258 e. The summed E-state index contributed by atoms with van der Waals surface area (Å²) in [6, 6.07) is 5.01. The molecular formula is C16H11Cl2N5O. The van der Waals surface area contributed by atoms with Gasteiger partial charge in [-0.1, -0.05) is 23.2 Å². The third-order valence-corrected chi connectivity index (χ3v) is 4.50. The second-order valence-corrected chi connectivity index (χ2v) is 6.30. The van der Waals surface area contributed by atoms with Gasteiger partial charge in [-0.2, -0.15) is 0 Å². The number of aromatic nitrogens is 5. The van der Waals surface area contributed by atoms with Gasteiger partial charge in [-0.25, -0.2) is 15.0 Å². The molecule has 0 atom stereocenters. The largest absolute Gasteiger partial charge is 0.340 e. The molecule has 0 aliphatic rings. The maximum atomic E-state index is 12.2. The number of fused-ring (bicyclic) bond motifs is 2. The lowest BCUT2D eigenvalue weighted by Gasteiger charge is -2.03. The highest BCUT2D eigenvalue weighted by Gasteiger charge is 2.11. The molecule has 4 aromatic rings. The van der Waals surface area contributed by atoms with E-state index in [-0.39, 0.29) is 5.56 Å². The number of nitrogens with zero attached hydrogens (tertiary/aromatic N) is 3. The topological polar surface area (TPSA) is 87.3 Å². The Labute approximate surface area is 145 Å². The van der Waals surface area contributed by atoms with Gasteiger partial charge in [0.05, 0.1) is 32.9 Å². The molecule has 3 aromatic heterocycles. The lowest BCUT2D eigenvalue weighted by molar-refractivity contribution is 0.920. The predicted molar refractivity (Wildman–Crippen MR) is 93.8 cm³/mol. The highest BCUT2D eigenvalue weighted by Crippen LogP contribution is 2.25. The van der Waals surface area contributed by atoms with Crippen molar-refractivity contribution in [3.8, 4) is 0 Å². The maximum absolute atomic E-state index is 12.2. The minimum Gasteiger partial charge on any atom is -0.340 e. The van der Waals surface area contributed by atoms with Gasteiger partial charge < -0.3 is 9.97 Å². The van der Waals surface area contributed by atoms with Crippen LogP contribution in [0.2, 0.25) is 10.0 Å². The molecule has 3 heterocycles. The molecule has 0 aliphatic heterocycles. The first-order chi connectivity index (χ1) is 11.5. The third kappa shape index (κ3) is 2.53. The summed E-state index contributed by atoms with van der Waals surface area (Å²) < 4.78 is 0. The fraction of sp³-hybridized carbons (Fsp3) is 0.125. The lowest BCUT2D eigenvalue weighted by atomic mass is 10.2. The Kier molecular flexibility index (Phi) is 3.51. The number of hydrogen-bond acceptors (Lipinski definition) is 4. The Bertz CT molecular complexity index is 1150. The molecule has 24 heavy (non-hydrogen) atoms. The van der Waals surface area contributed by atoms with Crippen LogP contribution in [-0.2, 0) is 6.42 Å². The van der Waals surface area contributed by atoms with Crippen LogP contribution in [0.3, 0.4) is 0 Å². The SMILES string of the molecule is Cc1ccnc2nc(Cc3nc4cc(Cl)c(Cl)cc4c(=O)[nH]3)[nH]c12. The monoisotopic (exact) mass is 359 g/mol. The molecule has 1 aromatic carbocycles. The number of H-pyrrole nitrogens is 2. The van der Waals surface area contributed by atoms with E-state index in [1.165, 1.54) is 6.07 Å². The molecule has 6 nitrogen and oxygen atoms in total. The van der Waals surface area contributed by atoms with Crippen molar-refractivity contribution in [3.05, 3.63) is 62.0 Å². The van der Waals surface area contributed by atoms with E-state index in [1.54, 1.807) is 12.3 Å². The van der Waals surface area contributed by atoms with Crippen LogP contribution < -0.4 is 5.56 Å². The predicted octanol–water partition coefficient (Wildman–Crippen LogP) is 3.40. The van der Waals surface area contributed by atoms with E-state index in [2.05, 4.69) is 24.9 Å². The third-order valence-electron chi connectivity index (χ3n) is 3.78. The van der Waals surface area contributed by atoms with E-state index in [9.17, 15) is 4.79 Å². The summed E-state index contributed by atoms with van der Waals surface area (Å²) in [5, 5.41) is 1.08. The standard InChI is InChI=1S/C16H11Cl2N5O/c1-7-2-3-19-15-14(7)21-13(22-15)6-12-20-11-5-10(18)9(17)4-8(11)16(24)23-12/h2-5H,6H2,1H3,(H,19,21,22)(H,20,23,24). The van der Waals surface area contributed by atoms with Crippen molar-refractivity contribution in [2.45, 2.75) is 13.3 Å². The number of rotatable bonds is 2. The highest BCUT2D eigenvalue weighted by molar-refractivity contribution is 6.42. The Hall–Kier alpha value is -2.44. The number of benzene rings is 1. The van der Waals surface area contributed by atoms with Crippen molar-refractivity contribution >= 4 is 45.3 Å². The molecule has 0 aliphatic carbocycles. The normalized spacial score (nSPS) is 11.5. The summed E-state index contributed by atoms with van der Waals surface area (Å²) in [7, 11) is 0. The van der Waals surface area contributed by atoms with Crippen molar-refractivity contribution in [2.24, 2.45) is 0 Å². The minimum atomic E-state index is -0.265. The van der Waals surface area contributed by atoms with Crippen LogP contribution >= 0.6 is 23.2 Å². The van der Waals surface area contributed by atoms with E-state index in [4.69, 9.17) is 23.2 Å². The van der Waals surface area contributed by atoms with E-state index >= 15 is 0 Å². The molecule has 4 rings (SSSR count). The van der Waals surface area contributed by atoms with Crippen LogP contribution in [0, 0.1) is 6.92 Å². The Morgan fingerprint density at radius 3 is 2.62 bits per heavy atom. The molecule has 0 spiro atoms. The number of pyridine rings is 1. The van der Waals surface area contributed by atoms with Crippen LogP contribution in [-0.4, -0.2) is 24.9 Å². The maximum Gasteiger partial charge on any atom is 0.258 e. The van der Waals surface area contributed by atoms with Crippen LogP contribution in [0.1, 0.15) is 17.2 Å². The first kappa shape index (κ1) is 15.1. The fourth-order valence-corrected chi connectivity index (χ4v) is 2.91.